The van der Waals surface area contributed by atoms with Crippen LogP contribution in [0, 0.1) is 12.8 Å². The molecule has 0 bridgehead atoms. The van der Waals surface area contributed by atoms with Gasteiger partial charge in [0.05, 0.1) is 28.6 Å². The van der Waals surface area contributed by atoms with Gasteiger partial charge < -0.3 is 20.9 Å². The molecule has 0 aliphatic heterocycles. The number of nitrogens with zero attached hydrogens (tertiary/aromatic N) is 3. The van der Waals surface area contributed by atoms with Crippen LogP contribution in [0.25, 0.3) is 10.2 Å². The number of thiophene rings is 1. The van der Waals surface area contributed by atoms with Gasteiger partial charge in [-0.3, -0.25) is 19.4 Å². The smallest absolute Gasteiger partial charge is 0.263 e. The van der Waals surface area contributed by atoms with E-state index in [2.05, 4.69) is 59.3 Å². The van der Waals surface area contributed by atoms with Crippen LogP contribution < -0.4 is 20.9 Å². The van der Waals surface area contributed by atoms with Crippen molar-refractivity contribution in [1.29, 1.82) is 0 Å². The molecule has 0 saturated heterocycles. The Morgan fingerprint density at radius 1 is 1.21 bits per heavy atom. The Hall–Kier alpha value is -3.79. The van der Waals surface area contributed by atoms with Gasteiger partial charge in [-0.05, 0) is 62.3 Å². The largest absolute Gasteiger partial charge is 0.348 e. The number of carbonyl (C=O) groups excluding carboxylic acids is 3. The van der Waals surface area contributed by atoms with Crippen molar-refractivity contribution in [3.05, 3.63) is 53.3 Å². The van der Waals surface area contributed by atoms with E-state index in [0.717, 1.165) is 48.3 Å². The highest BCUT2D eigenvalue weighted by atomic mass is 32.1. The van der Waals surface area contributed by atoms with E-state index >= 15 is 0 Å². The molecule has 3 aromatic heterocycles. The first-order valence-corrected chi connectivity index (χ1v) is 13.6. The summed E-state index contributed by atoms with van der Waals surface area (Å²) in [5, 5.41) is 9.40. The summed E-state index contributed by atoms with van der Waals surface area (Å²) < 4.78 is 0. The summed E-state index contributed by atoms with van der Waals surface area (Å²) in [5.41, 5.74) is 4.26. The van der Waals surface area contributed by atoms with Crippen LogP contribution >= 0.6 is 11.3 Å². The van der Waals surface area contributed by atoms with Crippen molar-refractivity contribution in [2.75, 3.05) is 17.3 Å². The van der Waals surface area contributed by atoms with Gasteiger partial charge in [-0.2, -0.15) is 0 Å². The number of carbonyl (C=O) groups is 3. The summed E-state index contributed by atoms with van der Waals surface area (Å²) in [5.74, 6) is -0.0674. The first-order valence-electron chi connectivity index (χ1n) is 12.8. The molecular formula is C28H34N6O3S. The Labute approximate surface area is 226 Å². The number of nitrogens with one attached hydrogen (secondary N) is 3. The second kappa shape index (κ2) is 11.7. The number of anilines is 3. The van der Waals surface area contributed by atoms with Crippen molar-refractivity contribution in [2.24, 2.45) is 5.92 Å². The zero-order chi connectivity index (χ0) is 27.4. The summed E-state index contributed by atoms with van der Waals surface area (Å²) in [7, 11) is 1.94. The predicted octanol–water partition coefficient (Wildman–Crippen LogP) is 4.49. The molecule has 3 aromatic rings. The van der Waals surface area contributed by atoms with Gasteiger partial charge in [0, 0.05) is 31.0 Å². The van der Waals surface area contributed by atoms with Gasteiger partial charge in [0.25, 0.3) is 5.91 Å². The lowest BCUT2D eigenvalue weighted by molar-refractivity contribution is -0.117. The monoisotopic (exact) mass is 534 g/mol. The van der Waals surface area contributed by atoms with Crippen LogP contribution in [0.4, 0.5) is 17.1 Å². The second-order valence-electron chi connectivity index (χ2n) is 10.0. The third kappa shape index (κ3) is 5.70. The van der Waals surface area contributed by atoms with Crippen molar-refractivity contribution in [3.8, 4) is 0 Å². The third-order valence-corrected chi connectivity index (χ3v) is 7.90. The van der Waals surface area contributed by atoms with Crippen molar-refractivity contribution in [2.45, 2.75) is 58.5 Å². The number of pyridine rings is 2. The summed E-state index contributed by atoms with van der Waals surface area (Å²) in [6.45, 7) is 9.89. The maximum atomic E-state index is 13.5. The third-order valence-electron chi connectivity index (χ3n) is 6.80. The number of amides is 3. The number of hydrogen-bond donors (Lipinski definition) is 3. The molecule has 3 heterocycles. The molecule has 4 rings (SSSR count). The molecule has 0 aromatic carbocycles. The molecule has 1 fully saturated rings. The summed E-state index contributed by atoms with van der Waals surface area (Å²) >= 11 is 1.22. The van der Waals surface area contributed by atoms with Gasteiger partial charge in [-0.25, -0.2) is 4.98 Å². The normalized spacial score (nSPS) is 16.9. The highest BCUT2D eigenvalue weighted by Gasteiger charge is 2.31. The molecule has 9 nitrogen and oxygen atoms in total. The lowest BCUT2D eigenvalue weighted by Crippen LogP contribution is -2.48. The quantitative estimate of drug-likeness (QED) is 0.261. The molecule has 2 atom stereocenters. The number of aromatic nitrogens is 2. The van der Waals surface area contributed by atoms with Crippen molar-refractivity contribution in [1.82, 2.24) is 20.6 Å². The molecule has 1 saturated carbocycles. The van der Waals surface area contributed by atoms with E-state index in [-0.39, 0.29) is 23.9 Å². The molecule has 0 radical (unpaired) electrons. The Bertz CT molecular complexity index is 1370. The Morgan fingerprint density at radius 2 is 1.95 bits per heavy atom. The highest BCUT2D eigenvalue weighted by molar-refractivity contribution is 7.21. The van der Waals surface area contributed by atoms with Crippen LogP contribution in [0.5, 0.6) is 0 Å². The van der Waals surface area contributed by atoms with Crippen LogP contribution in [-0.4, -0.2) is 47.3 Å². The van der Waals surface area contributed by atoms with Crippen LogP contribution in [-0.2, 0) is 16.0 Å². The van der Waals surface area contributed by atoms with E-state index < -0.39 is 0 Å². The van der Waals surface area contributed by atoms with Crippen molar-refractivity contribution < 1.29 is 14.4 Å². The lowest BCUT2D eigenvalue weighted by atomic mass is 10.1. The fourth-order valence-corrected chi connectivity index (χ4v) is 6.07. The maximum Gasteiger partial charge on any atom is 0.263 e. The van der Waals surface area contributed by atoms with Crippen LogP contribution in [0.2, 0.25) is 0 Å². The molecule has 0 spiro atoms. The average molecular weight is 535 g/mol. The van der Waals surface area contributed by atoms with Crippen LogP contribution in [0.15, 0.2) is 37.2 Å². The van der Waals surface area contributed by atoms with Gasteiger partial charge in [0.1, 0.15) is 9.71 Å². The fraction of sp³-hybridized carbons (Fsp3) is 0.393. The van der Waals surface area contributed by atoms with Gasteiger partial charge in [0.2, 0.25) is 12.3 Å². The number of hydrogen-bond acceptors (Lipinski definition) is 7. The fourth-order valence-electron chi connectivity index (χ4n) is 5.04. The number of aryl methyl sites for hydroxylation is 1. The summed E-state index contributed by atoms with van der Waals surface area (Å²) in [4.78, 5) is 49.1. The number of fused-ring (bicyclic) bond motifs is 1. The predicted molar refractivity (Wildman–Crippen MR) is 152 cm³/mol. The lowest BCUT2D eigenvalue weighted by Gasteiger charge is -2.23. The van der Waals surface area contributed by atoms with Gasteiger partial charge in [-0.15, -0.1) is 11.3 Å². The van der Waals surface area contributed by atoms with E-state index in [1.54, 1.807) is 6.20 Å². The van der Waals surface area contributed by atoms with Gasteiger partial charge in [0.15, 0.2) is 0 Å². The number of rotatable bonds is 10. The van der Waals surface area contributed by atoms with Crippen molar-refractivity contribution in [3.63, 3.8) is 0 Å². The molecule has 2 unspecified atom stereocenters. The van der Waals surface area contributed by atoms with Gasteiger partial charge in [-0.1, -0.05) is 20.4 Å². The molecule has 3 amide bonds. The Balaban J connectivity index is 1.68. The Morgan fingerprint density at radius 3 is 2.61 bits per heavy atom. The van der Waals surface area contributed by atoms with Gasteiger partial charge >= 0.3 is 0 Å². The first kappa shape index (κ1) is 27.3. The van der Waals surface area contributed by atoms with Crippen LogP contribution in [0.1, 0.15) is 54.0 Å². The van der Waals surface area contributed by atoms with E-state index in [0.29, 0.717) is 33.1 Å². The molecule has 10 heteroatoms. The SMILES string of the molecule is C=CC(=O)NC1CCCC1NC(=O)c1sc2nccc(N(C)c3cnc(CC(C)C)cc3C)c2c1NC=O. The molecule has 1 aliphatic carbocycles. The highest BCUT2D eigenvalue weighted by Crippen LogP contribution is 2.42. The van der Waals surface area contributed by atoms with Crippen LogP contribution in [0.3, 0.4) is 0 Å². The first-order chi connectivity index (χ1) is 18.2. The summed E-state index contributed by atoms with van der Waals surface area (Å²) in [6, 6.07) is 3.58. The second-order valence-corrected chi connectivity index (χ2v) is 11.0. The molecular weight excluding hydrogens is 500 g/mol. The average Bonchev–Trinajstić information content (AvgIpc) is 3.47. The summed E-state index contributed by atoms with van der Waals surface area (Å²) in [6.07, 6.45) is 8.68. The minimum absolute atomic E-state index is 0.171. The van der Waals surface area contributed by atoms with E-state index in [1.165, 1.54) is 17.4 Å². The molecule has 200 valence electrons. The van der Waals surface area contributed by atoms with E-state index in [4.69, 9.17) is 0 Å². The zero-order valence-corrected chi connectivity index (χ0v) is 23.0. The zero-order valence-electron chi connectivity index (χ0n) is 22.2. The minimum atomic E-state index is -0.313. The molecule has 1 aliphatic rings. The Kier molecular flexibility index (Phi) is 8.41. The van der Waals surface area contributed by atoms with E-state index in [1.807, 2.05) is 24.2 Å². The standard InChI is InChI=1S/C28H34N6O3S/c1-6-23(36)32-19-8-7-9-20(19)33-27(37)26-25(31-15-35)24-21(10-11-29-28(24)38-26)34(5)22-14-30-18(12-16(2)3)13-17(22)4/h6,10-11,13-16,19-20H,1,7-9,12H2,2-5H3,(H,31,35)(H,32,36)(H,33,37). The van der Waals surface area contributed by atoms with Crippen molar-refractivity contribution >= 4 is 56.8 Å². The van der Waals surface area contributed by atoms with E-state index in [9.17, 15) is 14.4 Å². The minimum Gasteiger partial charge on any atom is -0.348 e. The topological polar surface area (TPSA) is 116 Å². The molecule has 3 N–H and O–H groups in total. The maximum absolute atomic E-state index is 13.5. The molecule has 38 heavy (non-hydrogen) atoms.